The van der Waals surface area contributed by atoms with Crippen molar-refractivity contribution in [1.29, 1.82) is 0 Å². The minimum absolute atomic E-state index is 0.0155. The van der Waals surface area contributed by atoms with Crippen molar-refractivity contribution in [2.75, 3.05) is 21.1 Å². The van der Waals surface area contributed by atoms with E-state index in [0.717, 1.165) is 11.1 Å². The number of phenolic OH excluding ortho intramolecular Hbond substituents is 1. The Morgan fingerprint density at radius 3 is 2.04 bits per heavy atom. The molecule has 4 aromatic rings. The summed E-state index contributed by atoms with van der Waals surface area (Å²) >= 11 is 0. The van der Waals surface area contributed by atoms with E-state index in [2.05, 4.69) is 16.0 Å². The fourth-order valence-electron chi connectivity index (χ4n) is 5.95. The number of carbonyl (C=O) groups excluding carboxylic acids is 3. The molecule has 0 saturated carbocycles. The molecule has 0 fully saturated rings. The molecule has 2 aliphatic rings. The van der Waals surface area contributed by atoms with Crippen molar-refractivity contribution < 1.29 is 38.6 Å². The van der Waals surface area contributed by atoms with Gasteiger partial charge in [0, 0.05) is 19.3 Å². The number of benzene rings is 4. The topological polar surface area (TPSA) is 154 Å². The van der Waals surface area contributed by atoms with Crippen molar-refractivity contribution in [3.63, 3.8) is 0 Å². The standard InChI is InChI=1S/C39H42N4O7/c1-43(2,3)33(24-27-14-18-29(44)19-15-27)37(46)42-34-35(28-12-8-5-9-13-28)50-30-20-16-26(17-21-30)23-32(39(48)49)41-36(45)31(40-38(34)47)22-25-10-6-4-7-11-25/h4-21,31-35H,22-24H2,1-3H3,(H4-,40,41,42,44,45,46,47,48,49)/p+1/t31-,32-,33-,34-,35+/m0/s1. The smallest absolute Gasteiger partial charge is 0.326 e. The number of nitrogens with one attached hydrogen (secondary N) is 3. The lowest BCUT2D eigenvalue weighted by atomic mass is 9.97. The zero-order valence-electron chi connectivity index (χ0n) is 28.3. The van der Waals surface area contributed by atoms with Crippen molar-refractivity contribution in [3.8, 4) is 11.5 Å². The molecule has 0 saturated heterocycles. The molecule has 0 spiro atoms. The SMILES string of the molecule is C[N+](C)(C)[C@@H](Cc1ccc(O)cc1)C(=O)N[C@@H]1C(=O)N[C@@H](Cc2ccccc2)C(=O)N[C@H](C(=O)O)Cc2ccc(cc2)O[C@@H]1c1ccccc1. The van der Waals surface area contributed by atoms with Crippen LogP contribution in [0.1, 0.15) is 28.4 Å². The highest BCUT2D eigenvalue weighted by atomic mass is 16.5. The predicted octanol–water partition coefficient (Wildman–Crippen LogP) is 3.17. The molecule has 6 rings (SSSR count). The monoisotopic (exact) mass is 679 g/mol. The Morgan fingerprint density at radius 2 is 1.44 bits per heavy atom. The number of likely N-dealkylation sites (N-methyl/N-ethyl adjacent to an activating group) is 1. The highest BCUT2D eigenvalue weighted by Gasteiger charge is 2.40. The maximum atomic E-state index is 14.6. The molecule has 0 unspecified atom stereocenters. The zero-order valence-corrected chi connectivity index (χ0v) is 28.3. The maximum Gasteiger partial charge on any atom is 0.326 e. The Labute approximate surface area is 291 Å². The van der Waals surface area contributed by atoms with E-state index in [1.165, 1.54) is 0 Å². The molecular formula is C39H43N4O7+. The highest BCUT2D eigenvalue weighted by molar-refractivity contribution is 5.94. The summed E-state index contributed by atoms with van der Waals surface area (Å²) in [5.74, 6) is -2.51. The van der Waals surface area contributed by atoms with Gasteiger partial charge in [0.1, 0.15) is 29.6 Å². The Kier molecular flexibility index (Phi) is 11.2. The molecule has 2 heterocycles. The third kappa shape index (κ3) is 9.26. The van der Waals surface area contributed by atoms with Crippen molar-refractivity contribution in [2.45, 2.75) is 49.5 Å². The van der Waals surface area contributed by atoms with Gasteiger partial charge < -0.3 is 35.4 Å². The summed E-state index contributed by atoms with van der Waals surface area (Å²) in [4.78, 5) is 55.0. The number of aliphatic carboxylic acids is 1. The zero-order chi connectivity index (χ0) is 35.8. The van der Waals surface area contributed by atoms with Crippen LogP contribution in [0.25, 0.3) is 0 Å². The molecule has 3 amide bonds. The van der Waals surface area contributed by atoms with Gasteiger partial charge in [-0.15, -0.1) is 0 Å². The molecule has 2 aliphatic heterocycles. The van der Waals surface area contributed by atoms with Gasteiger partial charge in [-0.2, -0.15) is 0 Å². The van der Waals surface area contributed by atoms with Crippen LogP contribution in [0.2, 0.25) is 0 Å². The molecule has 5 atom stereocenters. The van der Waals surface area contributed by atoms with Crippen molar-refractivity contribution in [3.05, 3.63) is 131 Å². The molecule has 0 aliphatic carbocycles. The molecule has 260 valence electrons. The summed E-state index contributed by atoms with van der Waals surface area (Å²) in [6, 6.07) is 27.1. The minimum atomic E-state index is -1.33. The summed E-state index contributed by atoms with van der Waals surface area (Å²) in [5.41, 5.74) is 2.83. The number of ether oxygens (including phenoxy) is 1. The number of quaternary nitrogens is 1. The molecule has 4 aromatic carbocycles. The summed E-state index contributed by atoms with van der Waals surface area (Å²) < 4.78 is 6.73. The lowest BCUT2D eigenvalue weighted by Gasteiger charge is -2.36. The third-order valence-electron chi connectivity index (χ3n) is 8.77. The lowest BCUT2D eigenvalue weighted by Crippen LogP contribution is -2.62. The van der Waals surface area contributed by atoms with Gasteiger partial charge >= 0.3 is 5.97 Å². The first-order valence-corrected chi connectivity index (χ1v) is 16.4. The van der Waals surface area contributed by atoms with Gasteiger partial charge in [0.25, 0.3) is 5.91 Å². The molecule has 5 N–H and O–H groups in total. The van der Waals surface area contributed by atoms with Crippen LogP contribution in [0.4, 0.5) is 0 Å². The van der Waals surface area contributed by atoms with Crippen LogP contribution >= 0.6 is 0 Å². The second kappa shape index (κ2) is 15.7. The summed E-state index contributed by atoms with van der Waals surface area (Å²) in [6.45, 7) is 0. The molecule has 0 radical (unpaired) electrons. The highest BCUT2D eigenvalue weighted by Crippen LogP contribution is 2.27. The fourth-order valence-corrected chi connectivity index (χ4v) is 5.95. The van der Waals surface area contributed by atoms with E-state index in [-0.39, 0.29) is 23.1 Å². The van der Waals surface area contributed by atoms with E-state index in [1.54, 1.807) is 72.8 Å². The first-order chi connectivity index (χ1) is 23.9. The number of hydrogen-bond acceptors (Lipinski definition) is 6. The average molecular weight is 680 g/mol. The van der Waals surface area contributed by atoms with Crippen LogP contribution in [-0.4, -0.2) is 83.7 Å². The van der Waals surface area contributed by atoms with Crippen LogP contribution < -0.4 is 20.7 Å². The fraction of sp³-hybridized carbons (Fsp3) is 0.282. The summed E-state index contributed by atoms with van der Waals surface area (Å²) in [6.07, 6.45) is -0.638. The van der Waals surface area contributed by atoms with Crippen molar-refractivity contribution in [1.82, 2.24) is 16.0 Å². The van der Waals surface area contributed by atoms with Crippen LogP contribution in [0.3, 0.4) is 0 Å². The third-order valence-corrected chi connectivity index (χ3v) is 8.77. The average Bonchev–Trinajstić information content (AvgIpc) is 3.09. The number of carbonyl (C=O) groups is 4. The molecule has 50 heavy (non-hydrogen) atoms. The summed E-state index contributed by atoms with van der Waals surface area (Å²) in [7, 11) is 5.64. The number of nitrogens with zero attached hydrogens (tertiary/aromatic N) is 1. The number of carboxylic acid groups (broad SMARTS) is 1. The lowest BCUT2D eigenvalue weighted by molar-refractivity contribution is -0.886. The number of amides is 3. The number of hydrogen-bond donors (Lipinski definition) is 5. The largest absolute Gasteiger partial charge is 0.508 e. The maximum absolute atomic E-state index is 14.6. The van der Waals surface area contributed by atoms with Gasteiger partial charge in [-0.05, 0) is 46.5 Å². The minimum Gasteiger partial charge on any atom is -0.508 e. The van der Waals surface area contributed by atoms with Gasteiger partial charge in [0.05, 0.1) is 21.1 Å². The van der Waals surface area contributed by atoms with E-state index in [9.17, 15) is 29.4 Å². The van der Waals surface area contributed by atoms with Gasteiger partial charge in [-0.3, -0.25) is 14.4 Å². The first kappa shape index (κ1) is 35.6. The van der Waals surface area contributed by atoms with Gasteiger partial charge in [-0.1, -0.05) is 84.9 Å². The Hall–Kier alpha value is -5.68. The van der Waals surface area contributed by atoms with Gasteiger partial charge in [-0.25, -0.2) is 4.79 Å². The van der Waals surface area contributed by atoms with Gasteiger partial charge in [0.15, 0.2) is 12.1 Å². The van der Waals surface area contributed by atoms with Crippen molar-refractivity contribution >= 4 is 23.7 Å². The van der Waals surface area contributed by atoms with Crippen LogP contribution in [0, 0.1) is 0 Å². The number of fused-ring (bicyclic) bond motifs is 11. The first-order valence-electron chi connectivity index (χ1n) is 16.4. The van der Waals surface area contributed by atoms with E-state index in [0.29, 0.717) is 23.3 Å². The molecule has 11 heteroatoms. The second-order valence-corrected chi connectivity index (χ2v) is 13.4. The van der Waals surface area contributed by atoms with Gasteiger partial charge in [0.2, 0.25) is 11.8 Å². The van der Waals surface area contributed by atoms with Crippen LogP contribution in [-0.2, 0) is 38.4 Å². The Morgan fingerprint density at radius 1 is 0.820 bits per heavy atom. The van der Waals surface area contributed by atoms with E-state index < -0.39 is 54.0 Å². The predicted molar refractivity (Wildman–Crippen MR) is 187 cm³/mol. The molecular weight excluding hydrogens is 636 g/mol. The number of carboxylic acids is 1. The van der Waals surface area contributed by atoms with Crippen molar-refractivity contribution in [2.24, 2.45) is 0 Å². The quantitative estimate of drug-likeness (QED) is 0.170. The number of phenols is 1. The molecule has 11 nitrogen and oxygen atoms in total. The molecule has 0 aromatic heterocycles. The van der Waals surface area contributed by atoms with Crippen LogP contribution in [0.15, 0.2) is 109 Å². The van der Waals surface area contributed by atoms with E-state index >= 15 is 0 Å². The summed E-state index contributed by atoms with van der Waals surface area (Å²) in [5, 5.41) is 28.3. The van der Waals surface area contributed by atoms with E-state index in [4.69, 9.17) is 4.74 Å². The second-order valence-electron chi connectivity index (χ2n) is 13.4. The number of rotatable bonds is 9. The van der Waals surface area contributed by atoms with Crippen LogP contribution in [0.5, 0.6) is 11.5 Å². The normalized spacial score (nSPS) is 20.4. The number of aromatic hydroxyl groups is 1. The molecule has 2 bridgehead atoms. The Bertz CT molecular complexity index is 1780. The Balaban J connectivity index is 1.58. The van der Waals surface area contributed by atoms with E-state index in [1.807, 2.05) is 57.5 Å².